The van der Waals surface area contributed by atoms with Crippen molar-refractivity contribution in [2.24, 2.45) is 0 Å². The maximum Gasteiger partial charge on any atom is 0.257 e. The predicted molar refractivity (Wildman–Crippen MR) is 84.6 cm³/mol. The third-order valence-electron chi connectivity index (χ3n) is 2.98. The maximum atomic E-state index is 12.4. The summed E-state index contributed by atoms with van der Waals surface area (Å²) in [6.45, 7) is 1.32. The fourth-order valence-corrected chi connectivity index (χ4v) is 1.93. The average molecular weight is 304 g/mol. The monoisotopic (exact) mass is 304 g/mol. The lowest BCUT2D eigenvalue weighted by Gasteiger charge is -2.11. The molecule has 0 aromatic heterocycles. The van der Waals surface area contributed by atoms with Crippen LogP contribution in [0.25, 0.3) is 0 Å². The van der Waals surface area contributed by atoms with Gasteiger partial charge in [-0.2, -0.15) is 10.5 Å². The largest absolute Gasteiger partial charge is 0.326 e. The highest BCUT2D eigenvalue weighted by atomic mass is 16.2. The minimum atomic E-state index is -0.428. The van der Waals surface area contributed by atoms with Crippen LogP contribution in [0.3, 0.4) is 0 Å². The molecule has 2 N–H and O–H groups in total. The van der Waals surface area contributed by atoms with Crippen molar-refractivity contribution in [3.63, 3.8) is 0 Å². The summed E-state index contributed by atoms with van der Waals surface area (Å²) in [6.07, 6.45) is 0. The van der Waals surface area contributed by atoms with E-state index >= 15 is 0 Å². The second kappa shape index (κ2) is 6.88. The molecule has 0 radical (unpaired) electrons. The van der Waals surface area contributed by atoms with Gasteiger partial charge in [0, 0.05) is 12.6 Å². The fourth-order valence-electron chi connectivity index (χ4n) is 1.93. The number of nitriles is 2. The highest BCUT2D eigenvalue weighted by Crippen LogP contribution is 2.20. The molecule has 0 fully saturated rings. The van der Waals surface area contributed by atoms with Crippen LogP contribution in [0.2, 0.25) is 0 Å². The Labute approximate surface area is 133 Å². The summed E-state index contributed by atoms with van der Waals surface area (Å²) in [5.41, 5.74) is 1.85. The van der Waals surface area contributed by atoms with Gasteiger partial charge < -0.3 is 10.6 Å². The van der Waals surface area contributed by atoms with E-state index in [2.05, 4.69) is 10.6 Å². The van der Waals surface area contributed by atoms with Gasteiger partial charge in [-0.15, -0.1) is 0 Å². The van der Waals surface area contributed by atoms with Crippen molar-refractivity contribution in [1.82, 2.24) is 0 Å². The Kier molecular flexibility index (Phi) is 4.71. The summed E-state index contributed by atoms with van der Waals surface area (Å²) in [5.74, 6) is -0.768. The summed E-state index contributed by atoms with van der Waals surface area (Å²) in [4.78, 5) is 23.6. The summed E-state index contributed by atoms with van der Waals surface area (Å²) >= 11 is 0. The summed E-state index contributed by atoms with van der Waals surface area (Å²) in [5, 5.41) is 22.9. The third kappa shape index (κ3) is 3.93. The lowest BCUT2D eigenvalue weighted by atomic mass is 10.1. The zero-order chi connectivity index (χ0) is 16.8. The van der Waals surface area contributed by atoms with E-state index in [0.29, 0.717) is 16.8 Å². The molecule has 0 heterocycles. The van der Waals surface area contributed by atoms with Crippen molar-refractivity contribution >= 4 is 23.2 Å². The van der Waals surface area contributed by atoms with Gasteiger partial charge in [-0.3, -0.25) is 9.59 Å². The van der Waals surface area contributed by atoms with Crippen molar-refractivity contribution in [1.29, 1.82) is 10.5 Å². The molecule has 2 rings (SSSR count). The molecule has 23 heavy (non-hydrogen) atoms. The molecule has 0 aliphatic rings. The van der Waals surface area contributed by atoms with Crippen LogP contribution in [0.15, 0.2) is 42.5 Å². The Morgan fingerprint density at radius 1 is 0.913 bits per heavy atom. The van der Waals surface area contributed by atoms with Gasteiger partial charge in [0.25, 0.3) is 5.91 Å². The fraction of sp³-hybridized carbons (Fsp3) is 0.0588. The van der Waals surface area contributed by atoms with Crippen molar-refractivity contribution in [2.75, 3.05) is 10.6 Å². The number of benzene rings is 2. The van der Waals surface area contributed by atoms with Gasteiger partial charge in [0.1, 0.15) is 0 Å². The van der Waals surface area contributed by atoms with Crippen LogP contribution in [0.5, 0.6) is 0 Å². The SMILES string of the molecule is CC(=O)Nc1cc(C#N)ccc1C(=O)Nc1ccc(C#N)cc1. The van der Waals surface area contributed by atoms with E-state index in [-0.39, 0.29) is 17.2 Å². The second-order valence-corrected chi connectivity index (χ2v) is 4.70. The molecule has 6 nitrogen and oxygen atoms in total. The molecule has 0 aliphatic heterocycles. The number of carbonyl (C=O) groups excluding carboxylic acids is 2. The van der Waals surface area contributed by atoms with Crippen molar-refractivity contribution in [2.45, 2.75) is 6.92 Å². The molecule has 0 saturated carbocycles. The van der Waals surface area contributed by atoms with Gasteiger partial charge in [-0.05, 0) is 42.5 Å². The first kappa shape index (κ1) is 15.7. The minimum absolute atomic E-state index is 0.239. The van der Waals surface area contributed by atoms with Crippen LogP contribution in [-0.2, 0) is 4.79 Å². The highest BCUT2D eigenvalue weighted by Gasteiger charge is 2.13. The van der Waals surface area contributed by atoms with Crippen LogP contribution in [-0.4, -0.2) is 11.8 Å². The standard InChI is InChI=1S/C17H12N4O2/c1-11(22)20-16-8-13(10-19)4-7-15(16)17(23)21-14-5-2-12(9-18)3-6-14/h2-8H,1H3,(H,20,22)(H,21,23). The number of hydrogen-bond donors (Lipinski definition) is 2. The predicted octanol–water partition coefficient (Wildman–Crippen LogP) is 2.64. The van der Waals surface area contributed by atoms with Gasteiger partial charge >= 0.3 is 0 Å². The van der Waals surface area contributed by atoms with Crippen LogP contribution in [0.4, 0.5) is 11.4 Å². The van der Waals surface area contributed by atoms with E-state index in [1.54, 1.807) is 24.3 Å². The minimum Gasteiger partial charge on any atom is -0.326 e. The van der Waals surface area contributed by atoms with E-state index in [4.69, 9.17) is 10.5 Å². The smallest absolute Gasteiger partial charge is 0.257 e. The van der Waals surface area contributed by atoms with Crippen molar-refractivity contribution < 1.29 is 9.59 Å². The van der Waals surface area contributed by atoms with Crippen LogP contribution < -0.4 is 10.6 Å². The van der Waals surface area contributed by atoms with Crippen LogP contribution >= 0.6 is 0 Å². The van der Waals surface area contributed by atoms with Crippen LogP contribution in [0.1, 0.15) is 28.4 Å². The topological polar surface area (TPSA) is 106 Å². The molecule has 0 saturated heterocycles. The summed E-state index contributed by atoms with van der Waals surface area (Å²) in [6, 6.07) is 14.8. The molecule has 0 bridgehead atoms. The quantitative estimate of drug-likeness (QED) is 0.909. The van der Waals surface area contributed by atoms with Gasteiger partial charge in [0.15, 0.2) is 0 Å². The van der Waals surface area contributed by atoms with Gasteiger partial charge in [-0.25, -0.2) is 0 Å². The zero-order valence-electron chi connectivity index (χ0n) is 12.3. The van der Waals surface area contributed by atoms with E-state index in [9.17, 15) is 9.59 Å². The Morgan fingerprint density at radius 3 is 2.09 bits per heavy atom. The molecule has 0 atom stereocenters. The van der Waals surface area contributed by atoms with E-state index in [1.165, 1.54) is 25.1 Å². The Balaban J connectivity index is 2.29. The number of hydrogen-bond acceptors (Lipinski definition) is 4. The molecule has 0 unspecified atom stereocenters. The normalized spacial score (nSPS) is 9.35. The number of rotatable bonds is 3. The zero-order valence-corrected chi connectivity index (χ0v) is 12.3. The Morgan fingerprint density at radius 2 is 1.52 bits per heavy atom. The number of amides is 2. The number of nitrogens with zero attached hydrogens (tertiary/aromatic N) is 2. The van der Waals surface area contributed by atoms with Gasteiger partial charge in [-0.1, -0.05) is 0 Å². The Bertz CT molecular complexity index is 842. The van der Waals surface area contributed by atoms with Crippen molar-refractivity contribution in [3.8, 4) is 12.1 Å². The second-order valence-electron chi connectivity index (χ2n) is 4.70. The van der Waals surface area contributed by atoms with Crippen molar-refractivity contribution in [3.05, 3.63) is 59.2 Å². The number of anilines is 2. The molecular weight excluding hydrogens is 292 g/mol. The summed E-state index contributed by atoms with van der Waals surface area (Å²) < 4.78 is 0. The summed E-state index contributed by atoms with van der Waals surface area (Å²) in [7, 11) is 0. The Hall–Kier alpha value is -3.64. The first-order chi connectivity index (χ1) is 11.0. The molecule has 0 spiro atoms. The first-order valence-electron chi connectivity index (χ1n) is 6.66. The van der Waals surface area contributed by atoms with E-state index in [0.717, 1.165) is 0 Å². The van der Waals surface area contributed by atoms with Gasteiger partial charge in [0.2, 0.25) is 5.91 Å². The molecule has 2 amide bonds. The number of carbonyl (C=O) groups is 2. The molecule has 2 aromatic carbocycles. The highest BCUT2D eigenvalue weighted by molar-refractivity contribution is 6.10. The van der Waals surface area contributed by atoms with E-state index < -0.39 is 5.91 Å². The maximum absolute atomic E-state index is 12.4. The average Bonchev–Trinajstić information content (AvgIpc) is 2.54. The third-order valence-corrected chi connectivity index (χ3v) is 2.98. The lowest BCUT2D eigenvalue weighted by molar-refractivity contribution is -0.114. The molecular formula is C17H12N4O2. The number of nitrogens with one attached hydrogen (secondary N) is 2. The lowest BCUT2D eigenvalue weighted by Crippen LogP contribution is -2.16. The molecule has 2 aromatic rings. The molecule has 112 valence electrons. The first-order valence-corrected chi connectivity index (χ1v) is 6.66. The van der Waals surface area contributed by atoms with Crippen LogP contribution in [0, 0.1) is 22.7 Å². The molecule has 0 aliphatic carbocycles. The van der Waals surface area contributed by atoms with Gasteiger partial charge in [0.05, 0.1) is 34.5 Å². The van der Waals surface area contributed by atoms with E-state index in [1.807, 2.05) is 12.1 Å². The molecule has 6 heteroatoms.